The van der Waals surface area contributed by atoms with E-state index in [2.05, 4.69) is 30.3 Å². The van der Waals surface area contributed by atoms with Crippen molar-refractivity contribution in [2.24, 2.45) is 5.84 Å². The molecule has 21 heavy (non-hydrogen) atoms. The Bertz CT molecular complexity index is 614. The second-order valence-electron chi connectivity index (χ2n) is 4.34. The largest absolute Gasteiger partial charge is 0.378 e. The highest BCUT2D eigenvalue weighted by atomic mass is 32.2. The molecule has 1 fully saturated rings. The van der Waals surface area contributed by atoms with Crippen LogP contribution in [-0.4, -0.2) is 46.2 Å². The molecule has 2 aromatic heterocycles. The van der Waals surface area contributed by atoms with Gasteiger partial charge in [0.15, 0.2) is 4.34 Å². The second kappa shape index (κ2) is 6.52. The van der Waals surface area contributed by atoms with Crippen molar-refractivity contribution in [2.75, 3.05) is 36.6 Å². The number of nitrogens with one attached hydrogen (secondary N) is 1. The number of hydrogen-bond donors (Lipinski definition) is 2. The first-order valence-electron chi connectivity index (χ1n) is 6.40. The van der Waals surface area contributed by atoms with Gasteiger partial charge in [-0.15, -0.1) is 11.3 Å². The Morgan fingerprint density at radius 3 is 2.76 bits per heavy atom. The standard InChI is InChI=1S/C11H15N7OS2/c1-7-6-20-11(13-7)21-10-15-8(17-12)14-9(16-10)18-2-4-19-5-3-18/h6H,2-5,12H2,1H3,(H,14,15,16,17). The van der Waals surface area contributed by atoms with E-state index >= 15 is 0 Å². The van der Waals surface area contributed by atoms with Crippen LogP contribution in [-0.2, 0) is 4.74 Å². The van der Waals surface area contributed by atoms with Crippen molar-refractivity contribution in [1.29, 1.82) is 0 Å². The summed E-state index contributed by atoms with van der Waals surface area (Å²) in [6.07, 6.45) is 0. The molecule has 0 saturated carbocycles. The lowest BCUT2D eigenvalue weighted by atomic mass is 10.4. The maximum Gasteiger partial charge on any atom is 0.242 e. The van der Waals surface area contributed by atoms with Gasteiger partial charge in [0.25, 0.3) is 0 Å². The molecular formula is C11H15N7OS2. The number of morpholine rings is 1. The van der Waals surface area contributed by atoms with E-state index in [0.717, 1.165) is 23.1 Å². The molecule has 1 saturated heterocycles. The molecule has 112 valence electrons. The second-order valence-corrected chi connectivity index (χ2v) is 6.41. The summed E-state index contributed by atoms with van der Waals surface area (Å²) in [5, 5.41) is 2.57. The fourth-order valence-electron chi connectivity index (χ4n) is 1.82. The lowest BCUT2D eigenvalue weighted by Crippen LogP contribution is -2.37. The van der Waals surface area contributed by atoms with Crippen LogP contribution in [0.5, 0.6) is 0 Å². The summed E-state index contributed by atoms with van der Waals surface area (Å²) in [5.74, 6) is 6.40. The topological polar surface area (TPSA) is 102 Å². The van der Waals surface area contributed by atoms with Gasteiger partial charge in [-0.3, -0.25) is 5.43 Å². The maximum atomic E-state index is 5.45. The predicted molar refractivity (Wildman–Crippen MR) is 81.6 cm³/mol. The quantitative estimate of drug-likeness (QED) is 0.627. The zero-order valence-corrected chi connectivity index (χ0v) is 13.1. The van der Waals surface area contributed by atoms with E-state index in [9.17, 15) is 0 Å². The van der Waals surface area contributed by atoms with Crippen LogP contribution in [0.1, 0.15) is 5.69 Å². The van der Waals surface area contributed by atoms with Crippen LogP contribution in [0.2, 0.25) is 0 Å². The molecule has 1 aliphatic heterocycles. The van der Waals surface area contributed by atoms with Crippen molar-refractivity contribution in [3.8, 4) is 0 Å². The number of thiazole rings is 1. The van der Waals surface area contributed by atoms with E-state index in [1.807, 2.05) is 12.3 Å². The summed E-state index contributed by atoms with van der Waals surface area (Å²) in [4.78, 5) is 19.5. The summed E-state index contributed by atoms with van der Waals surface area (Å²) in [6, 6.07) is 0. The highest BCUT2D eigenvalue weighted by Crippen LogP contribution is 2.29. The Morgan fingerprint density at radius 1 is 1.29 bits per heavy atom. The van der Waals surface area contributed by atoms with Crippen molar-refractivity contribution in [3.63, 3.8) is 0 Å². The van der Waals surface area contributed by atoms with E-state index in [0.29, 0.717) is 30.3 Å². The first kappa shape index (κ1) is 14.4. The molecule has 0 aliphatic carbocycles. The summed E-state index contributed by atoms with van der Waals surface area (Å²) in [6.45, 7) is 4.82. The molecule has 8 nitrogen and oxygen atoms in total. The Labute approximate surface area is 130 Å². The van der Waals surface area contributed by atoms with Gasteiger partial charge in [0, 0.05) is 24.2 Å². The number of hydrazine groups is 1. The zero-order chi connectivity index (χ0) is 14.7. The monoisotopic (exact) mass is 325 g/mol. The number of nitrogens with zero attached hydrogens (tertiary/aromatic N) is 5. The van der Waals surface area contributed by atoms with Gasteiger partial charge in [-0.2, -0.15) is 15.0 Å². The van der Waals surface area contributed by atoms with Gasteiger partial charge in [-0.1, -0.05) is 0 Å². The fraction of sp³-hybridized carbons (Fsp3) is 0.455. The number of ether oxygens (including phenoxy) is 1. The van der Waals surface area contributed by atoms with Crippen LogP contribution >= 0.6 is 23.1 Å². The average molecular weight is 325 g/mol. The van der Waals surface area contributed by atoms with Crippen LogP contribution in [0.3, 0.4) is 0 Å². The molecule has 3 heterocycles. The van der Waals surface area contributed by atoms with Crippen molar-refractivity contribution in [3.05, 3.63) is 11.1 Å². The highest BCUT2D eigenvalue weighted by molar-refractivity contribution is 8.00. The third-order valence-corrected chi connectivity index (χ3v) is 4.72. The molecule has 0 aromatic carbocycles. The molecule has 0 unspecified atom stereocenters. The fourth-order valence-corrected chi connectivity index (χ4v) is 3.50. The molecule has 0 bridgehead atoms. The van der Waals surface area contributed by atoms with E-state index in [1.54, 1.807) is 11.3 Å². The smallest absolute Gasteiger partial charge is 0.242 e. The van der Waals surface area contributed by atoms with Crippen molar-refractivity contribution in [1.82, 2.24) is 19.9 Å². The third kappa shape index (κ3) is 3.59. The third-order valence-electron chi connectivity index (χ3n) is 2.80. The Kier molecular flexibility index (Phi) is 4.48. The number of nitrogens with two attached hydrogens (primary N) is 1. The van der Waals surface area contributed by atoms with Crippen LogP contribution < -0.4 is 16.2 Å². The van der Waals surface area contributed by atoms with Crippen LogP contribution in [0.15, 0.2) is 14.9 Å². The van der Waals surface area contributed by atoms with E-state index in [4.69, 9.17) is 10.6 Å². The number of aromatic nitrogens is 4. The van der Waals surface area contributed by atoms with Gasteiger partial charge in [0.2, 0.25) is 17.1 Å². The lowest BCUT2D eigenvalue weighted by molar-refractivity contribution is 0.122. The number of anilines is 2. The summed E-state index contributed by atoms with van der Waals surface area (Å²) in [7, 11) is 0. The highest BCUT2D eigenvalue weighted by Gasteiger charge is 2.17. The van der Waals surface area contributed by atoms with Gasteiger partial charge < -0.3 is 9.64 Å². The first-order valence-corrected chi connectivity index (χ1v) is 8.09. The zero-order valence-electron chi connectivity index (χ0n) is 11.4. The van der Waals surface area contributed by atoms with Gasteiger partial charge in [0.1, 0.15) is 0 Å². The van der Waals surface area contributed by atoms with E-state index in [1.165, 1.54) is 11.8 Å². The number of aryl methyl sites for hydroxylation is 1. The molecule has 0 spiro atoms. The molecule has 0 amide bonds. The summed E-state index contributed by atoms with van der Waals surface area (Å²) < 4.78 is 6.24. The van der Waals surface area contributed by atoms with Gasteiger partial charge in [0.05, 0.1) is 13.2 Å². The molecule has 10 heteroatoms. The Balaban J connectivity index is 1.85. The Morgan fingerprint density at radius 2 is 2.10 bits per heavy atom. The normalized spacial score (nSPS) is 15.2. The van der Waals surface area contributed by atoms with Crippen molar-refractivity contribution in [2.45, 2.75) is 16.4 Å². The SMILES string of the molecule is Cc1csc(Sc2nc(NN)nc(N3CCOCC3)n2)n1. The average Bonchev–Trinajstić information content (AvgIpc) is 2.93. The molecular weight excluding hydrogens is 310 g/mol. The van der Waals surface area contributed by atoms with E-state index in [-0.39, 0.29) is 0 Å². The number of hydrogen-bond acceptors (Lipinski definition) is 10. The molecule has 0 radical (unpaired) electrons. The van der Waals surface area contributed by atoms with Crippen LogP contribution in [0.25, 0.3) is 0 Å². The number of nitrogen functional groups attached to an aromatic ring is 1. The van der Waals surface area contributed by atoms with Gasteiger partial charge in [-0.05, 0) is 18.7 Å². The summed E-state index contributed by atoms with van der Waals surface area (Å²) >= 11 is 2.97. The molecule has 0 atom stereocenters. The van der Waals surface area contributed by atoms with Crippen LogP contribution in [0.4, 0.5) is 11.9 Å². The van der Waals surface area contributed by atoms with Crippen LogP contribution in [0, 0.1) is 6.92 Å². The maximum absolute atomic E-state index is 5.45. The molecule has 1 aliphatic rings. The molecule has 3 N–H and O–H groups in total. The summed E-state index contributed by atoms with van der Waals surface area (Å²) in [5.41, 5.74) is 3.48. The number of rotatable bonds is 4. The van der Waals surface area contributed by atoms with E-state index < -0.39 is 0 Å². The Hall–Kier alpha value is -1.49. The van der Waals surface area contributed by atoms with Crippen molar-refractivity contribution >= 4 is 35.0 Å². The van der Waals surface area contributed by atoms with Gasteiger partial charge in [-0.25, -0.2) is 10.8 Å². The minimum atomic E-state index is 0.349. The van der Waals surface area contributed by atoms with Crippen molar-refractivity contribution < 1.29 is 4.74 Å². The minimum absolute atomic E-state index is 0.349. The lowest BCUT2D eigenvalue weighted by Gasteiger charge is -2.26. The minimum Gasteiger partial charge on any atom is -0.378 e. The predicted octanol–water partition coefficient (Wildman–Crippen LogP) is 0.910. The molecule has 3 rings (SSSR count). The first-order chi connectivity index (χ1) is 10.2. The molecule has 2 aromatic rings. The van der Waals surface area contributed by atoms with Gasteiger partial charge >= 0.3 is 0 Å².